The first-order chi connectivity index (χ1) is 8.55. The van der Waals surface area contributed by atoms with Crippen molar-refractivity contribution in [3.63, 3.8) is 0 Å². The van der Waals surface area contributed by atoms with Crippen molar-refractivity contribution in [3.8, 4) is 0 Å². The lowest BCUT2D eigenvalue weighted by atomic mass is 9.89. The molecule has 1 saturated carbocycles. The van der Waals surface area contributed by atoms with Gasteiger partial charge in [-0.25, -0.2) is 0 Å². The summed E-state index contributed by atoms with van der Waals surface area (Å²) in [5.41, 5.74) is -0.0791. The molecule has 0 amide bonds. The van der Waals surface area contributed by atoms with Crippen LogP contribution in [-0.4, -0.2) is 43.8 Å². The predicted molar refractivity (Wildman–Crippen MR) is 70.6 cm³/mol. The molecule has 0 atom stereocenters. The molecule has 106 valence electrons. The van der Waals surface area contributed by atoms with Crippen molar-refractivity contribution < 1.29 is 14.2 Å². The number of hydrogen-bond donors (Lipinski definition) is 1. The lowest BCUT2D eigenvalue weighted by molar-refractivity contribution is -0.179. The van der Waals surface area contributed by atoms with Gasteiger partial charge < -0.3 is 19.5 Å². The van der Waals surface area contributed by atoms with Gasteiger partial charge in [0.1, 0.15) is 0 Å². The van der Waals surface area contributed by atoms with Crippen LogP contribution in [-0.2, 0) is 14.2 Å². The number of hydrogen-bond acceptors (Lipinski definition) is 4. The van der Waals surface area contributed by atoms with Crippen LogP contribution in [0, 0.1) is 0 Å². The molecule has 0 aromatic heterocycles. The van der Waals surface area contributed by atoms with E-state index in [9.17, 15) is 0 Å². The number of rotatable bonds is 5. The molecule has 2 fully saturated rings. The van der Waals surface area contributed by atoms with Gasteiger partial charge >= 0.3 is 0 Å². The van der Waals surface area contributed by atoms with Crippen LogP contribution >= 0.6 is 0 Å². The molecular weight excluding hydrogens is 230 g/mol. The molecule has 0 aromatic carbocycles. The Hall–Kier alpha value is -0.160. The van der Waals surface area contributed by atoms with Crippen LogP contribution in [0.5, 0.6) is 0 Å². The van der Waals surface area contributed by atoms with Crippen molar-refractivity contribution in [1.82, 2.24) is 5.32 Å². The highest BCUT2D eigenvalue weighted by Crippen LogP contribution is 2.35. The molecule has 2 rings (SSSR count). The van der Waals surface area contributed by atoms with Crippen molar-refractivity contribution >= 4 is 0 Å². The molecule has 0 radical (unpaired) electrons. The molecule has 1 aliphatic heterocycles. The molecule has 1 aliphatic carbocycles. The Balaban J connectivity index is 1.70. The van der Waals surface area contributed by atoms with Gasteiger partial charge in [-0.05, 0) is 33.6 Å². The minimum absolute atomic E-state index is 0.0791. The Morgan fingerprint density at radius 1 is 1.22 bits per heavy atom. The maximum Gasteiger partial charge on any atom is 0.168 e. The second-order valence-corrected chi connectivity index (χ2v) is 5.96. The van der Waals surface area contributed by atoms with E-state index in [0.29, 0.717) is 6.04 Å². The molecule has 4 nitrogen and oxygen atoms in total. The first-order valence-corrected chi connectivity index (χ1v) is 7.20. The van der Waals surface area contributed by atoms with Crippen molar-refractivity contribution in [3.05, 3.63) is 0 Å². The molecule has 0 unspecified atom stereocenters. The van der Waals surface area contributed by atoms with Gasteiger partial charge in [0, 0.05) is 32.0 Å². The van der Waals surface area contributed by atoms with Gasteiger partial charge in [0.15, 0.2) is 5.79 Å². The number of ether oxygens (including phenoxy) is 3. The minimum Gasteiger partial charge on any atom is -0.375 e. The van der Waals surface area contributed by atoms with Crippen LogP contribution in [0.3, 0.4) is 0 Å². The van der Waals surface area contributed by atoms with Crippen molar-refractivity contribution in [1.29, 1.82) is 0 Å². The summed E-state index contributed by atoms with van der Waals surface area (Å²) in [6.45, 7) is 9.50. The summed E-state index contributed by atoms with van der Waals surface area (Å²) in [5, 5.41) is 3.62. The zero-order valence-corrected chi connectivity index (χ0v) is 12.0. The van der Waals surface area contributed by atoms with E-state index in [1.54, 1.807) is 0 Å². The normalized spacial score (nSPS) is 24.8. The Labute approximate surface area is 110 Å². The molecule has 4 heteroatoms. The standard InChI is InChI=1S/C14H27NO3/c1-4-16-13(2,3)11-15-12-5-7-14(8-6-12)17-9-10-18-14/h12,15H,4-11H2,1-3H3. The summed E-state index contributed by atoms with van der Waals surface area (Å²) in [5.74, 6) is -0.242. The highest BCUT2D eigenvalue weighted by atomic mass is 16.7. The van der Waals surface area contributed by atoms with Gasteiger partial charge in [0.05, 0.1) is 18.8 Å². The van der Waals surface area contributed by atoms with E-state index in [1.807, 2.05) is 6.92 Å². The topological polar surface area (TPSA) is 39.7 Å². The van der Waals surface area contributed by atoms with Gasteiger partial charge in [-0.15, -0.1) is 0 Å². The molecule has 1 N–H and O–H groups in total. The highest BCUT2D eigenvalue weighted by Gasteiger charge is 2.40. The summed E-state index contributed by atoms with van der Waals surface area (Å²) in [4.78, 5) is 0. The molecule has 0 aromatic rings. The maximum atomic E-state index is 5.74. The van der Waals surface area contributed by atoms with E-state index in [4.69, 9.17) is 14.2 Å². The molecule has 1 spiro atoms. The predicted octanol–water partition coefficient (Wildman–Crippen LogP) is 2.08. The third-order valence-corrected chi connectivity index (χ3v) is 3.91. The van der Waals surface area contributed by atoms with Crippen LogP contribution in [0.1, 0.15) is 46.5 Å². The van der Waals surface area contributed by atoms with Crippen molar-refractivity contribution in [2.24, 2.45) is 0 Å². The van der Waals surface area contributed by atoms with Gasteiger partial charge in [0.2, 0.25) is 0 Å². The van der Waals surface area contributed by atoms with E-state index in [-0.39, 0.29) is 11.4 Å². The van der Waals surface area contributed by atoms with Crippen LogP contribution in [0.25, 0.3) is 0 Å². The highest BCUT2D eigenvalue weighted by molar-refractivity contribution is 4.86. The van der Waals surface area contributed by atoms with Crippen LogP contribution in [0.4, 0.5) is 0 Å². The number of nitrogens with one attached hydrogen (secondary N) is 1. The van der Waals surface area contributed by atoms with Crippen molar-refractivity contribution in [2.75, 3.05) is 26.4 Å². The van der Waals surface area contributed by atoms with Gasteiger partial charge in [-0.1, -0.05) is 0 Å². The zero-order valence-electron chi connectivity index (χ0n) is 12.0. The fourth-order valence-electron chi connectivity index (χ4n) is 2.88. The minimum atomic E-state index is -0.242. The second kappa shape index (κ2) is 5.87. The molecular formula is C14H27NO3. The molecule has 2 aliphatic rings. The lowest BCUT2D eigenvalue weighted by Crippen LogP contribution is -2.46. The largest absolute Gasteiger partial charge is 0.375 e. The lowest BCUT2D eigenvalue weighted by Gasteiger charge is -2.37. The van der Waals surface area contributed by atoms with Gasteiger partial charge in [-0.3, -0.25) is 0 Å². The molecule has 18 heavy (non-hydrogen) atoms. The SMILES string of the molecule is CCOC(C)(C)CNC1CCC2(CC1)OCCO2. The monoisotopic (exact) mass is 257 g/mol. The second-order valence-electron chi connectivity index (χ2n) is 5.96. The first-order valence-electron chi connectivity index (χ1n) is 7.20. The van der Waals surface area contributed by atoms with E-state index in [2.05, 4.69) is 19.2 Å². The zero-order chi connectivity index (χ0) is 13.1. The third-order valence-electron chi connectivity index (χ3n) is 3.91. The van der Waals surface area contributed by atoms with E-state index < -0.39 is 0 Å². The van der Waals surface area contributed by atoms with Gasteiger partial charge in [-0.2, -0.15) is 0 Å². The summed E-state index contributed by atoms with van der Waals surface area (Å²) >= 11 is 0. The fourth-order valence-corrected chi connectivity index (χ4v) is 2.88. The average molecular weight is 257 g/mol. The first kappa shape index (κ1) is 14.3. The van der Waals surface area contributed by atoms with Crippen molar-refractivity contribution in [2.45, 2.75) is 63.9 Å². The van der Waals surface area contributed by atoms with E-state index in [1.165, 1.54) is 0 Å². The molecule has 1 saturated heterocycles. The fraction of sp³-hybridized carbons (Fsp3) is 1.00. The maximum absolute atomic E-state index is 5.74. The van der Waals surface area contributed by atoms with E-state index >= 15 is 0 Å². The quantitative estimate of drug-likeness (QED) is 0.818. The Bertz CT molecular complexity index is 252. The van der Waals surface area contributed by atoms with Crippen LogP contribution in [0.2, 0.25) is 0 Å². The Morgan fingerprint density at radius 3 is 2.39 bits per heavy atom. The molecule has 1 heterocycles. The Morgan fingerprint density at radius 2 is 1.83 bits per heavy atom. The third kappa shape index (κ3) is 3.67. The molecule has 0 bridgehead atoms. The van der Waals surface area contributed by atoms with Crippen LogP contribution in [0.15, 0.2) is 0 Å². The summed E-state index contributed by atoms with van der Waals surface area (Å²) < 4.78 is 17.2. The van der Waals surface area contributed by atoms with E-state index in [0.717, 1.165) is 52.0 Å². The smallest absolute Gasteiger partial charge is 0.168 e. The van der Waals surface area contributed by atoms with Gasteiger partial charge in [0.25, 0.3) is 0 Å². The Kier molecular flexibility index (Phi) is 4.64. The summed E-state index contributed by atoms with van der Waals surface area (Å²) in [6.07, 6.45) is 4.28. The summed E-state index contributed by atoms with van der Waals surface area (Å²) in [7, 11) is 0. The summed E-state index contributed by atoms with van der Waals surface area (Å²) in [6, 6.07) is 0.572. The average Bonchev–Trinajstić information content (AvgIpc) is 2.77. The van der Waals surface area contributed by atoms with Crippen LogP contribution < -0.4 is 5.32 Å².